The second-order valence-corrected chi connectivity index (χ2v) is 11.1. The minimum atomic E-state index is -1.25. The molecule has 1 spiro atoms. The molecule has 0 radical (unpaired) electrons. The Bertz CT molecular complexity index is 1560. The van der Waals surface area contributed by atoms with E-state index in [1.54, 1.807) is 12.1 Å². The fourth-order valence-corrected chi connectivity index (χ4v) is 7.66. The molecule has 3 aliphatic rings. The third-order valence-electron chi connectivity index (χ3n) is 7.62. The van der Waals surface area contributed by atoms with Crippen molar-refractivity contribution in [2.45, 2.75) is 17.5 Å². The Kier molecular flexibility index (Phi) is 4.68. The Balaban J connectivity index is 1.55. The lowest BCUT2D eigenvalue weighted by molar-refractivity contribution is -0.121. The molecule has 36 heavy (non-hydrogen) atoms. The van der Waals surface area contributed by atoms with Crippen LogP contribution in [0.15, 0.2) is 89.6 Å². The van der Waals surface area contributed by atoms with Crippen molar-refractivity contribution in [1.29, 1.82) is 0 Å². The van der Waals surface area contributed by atoms with Crippen molar-refractivity contribution >= 4 is 57.6 Å². The molecule has 0 saturated carbocycles. The van der Waals surface area contributed by atoms with Crippen LogP contribution in [0.4, 0.5) is 11.4 Å². The zero-order valence-electron chi connectivity index (χ0n) is 19.0. The maximum atomic E-state index is 14.4. The number of rotatable bonds is 4. The van der Waals surface area contributed by atoms with Gasteiger partial charge in [-0.2, -0.15) is 0 Å². The number of Topliss-reactive ketones (excluding diaryl/α,β-unsaturated/α-hetero) is 2. The predicted molar refractivity (Wildman–Crippen MR) is 143 cm³/mol. The van der Waals surface area contributed by atoms with Crippen molar-refractivity contribution in [3.63, 3.8) is 0 Å². The number of thiophene rings is 2. The molecule has 0 aliphatic carbocycles. The second kappa shape index (κ2) is 7.85. The first-order valence-corrected chi connectivity index (χ1v) is 13.5. The number of anilines is 2. The van der Waals surface area contributed by atoms with Crippen molar-refractivity contribution < 1.29 is 14.4 Å². The van der Waals surface area contributed by atoms with Crippen LogP contribution in [0.3, 0.4) is 0 Å². The van der Waals surface area contributed by atoms with E-state index >= 15 is 0 Å². The van der Waals surface area contributed by atoms with Gasteiger partial charge in [-0.15, -0.1) is 22.7 Å². The fourth-order valence-electron chi connectivity index (χ4n) is 6.26. The largest absolute Gasteiger partial charge is 0.352 e. The maximum absolute atomic E-state index is 14.4. The van der Waals surface area contributed by atoms with Gasteiger partial charge in [0.25, 0.3) is 0 Å². The number of nitrogens with zero attached hydrogens (tertiary/aromatic N) is 1. The van der Waals surface area contributed by atoms with Crippen LogP contribution in [0.1, 0.15) is 30.5 Å². The average molecular weight is 509 g/mol. The predicted octanol–water partition coefficient (Wildman–Crippen LogP) is 5.67. The molecule has 0 bridgehead atoms. The van der Waals surface area contributed by atoms with E-state index < -0.39 is 23.4 Å². The lowest BCUT2D eigenvalue weighted by Crippen LogP contribution is -2.51. The molecular weight excluding hydrogens is 488 g/mol. The lowest BCUT2D eigenvalue weighted by Gasteiger charge is -2.37. The number of benzene rings is 2. The average Bonchev–Trinajstić information content (AvgIpc) is 3.70. The number of para-hydroxylation sites is 2. The quantitative estimate of drug-likeness (QED) is 0.361. The van der Waals surface area contributed by atoms with E-state index in [0.717, 1.165) is 16.8 Å². The minimum absolute atomic E-state index is 0.135. The Morgan fingerprint density at radius 3 is 2.28 bits per heavy atom. The van der Waals surface area contributed by atoms with Gasteiger partial charge in [0, 0.05) is 11.4 Å². The summed E-state index contributed by atoms with van der Waals surface area (Å²) in [6.07, 6.45) is 4.01. The van der Waals surface area contributed by atoms with Gasteiger partial charge in [0.1, 0.15) is 11.5 Å². The van der Waals surface area contributed by atoms with Gasteiger partial charge in [-0.05, 0) is 46.2 Å². The van der Waals surface area contributed by atoms with Gasteiger partial charge in [0.05, 0.1) is 21.7 Å². The molecule has 1 N–H and O–H groups in total. The summed E-state index contributed by atoms with van der Waals surface area (Å²) in [7, 11) is 0. The fraction of sp³-hybridized carbons (Fsp3) is 0.138. The summed E-state index contributed by atoms with van der Waals surface area (Å²) in [6, 6.07) is 21.4. The van der Waals surface area contributed by atoms with Crippen LogP contribution >= 0.6 is 22.7 Å². The highest BCUT2D eigenvalue weighted by atomic mass is 32.1. The second-order valence-electron chi connectivity index (χ2n) is 9.24. The van der Waals surface area contributed by atoms with Crippen molar-refractivity contribution in [2.75, 3.05) is 10.2 Å². The van der Waals surface area contributed by atoms with Crippen LogP contribution in [-0.4, -0.2) is 29.6 Å². The van der Waals surface area contributed by atoms with E-state index in [9.17, 15) is 14.4 Å². The summed E-state index contributed by atoms with van der Waals surface area (Å²) in [5, 5.41) is 6.78. The Morgan fingerprint density at radius 1 is 0.833 bits per heavy atom. The van der Waals surface area contributed by atoms with Gasteiger partial charge in [-0.1, -0.05) is 60.7 Å². The zero-order chi connectivity index (χ0) is 24.4. The Hall–Kier alpha value is -3.81. The molecule has 7 rings (SSSR count). The van der Waals surface area contributed by atoms with E-state index in [1.807, 2.05) is 88.5 Å². The van der Waals surface area contributed by atoms with E-state index in [0.29, 0.717) is 15.4 Å². The van der Waals surface area contributed by atoms with Crippen LogP contribution in [-0.2, 0) is 10.2 Å². The number of hydrogen-bond donors (Lipinski definition) is 1. The summed E-state index contributed by atoms with van der Waals surface area (Å²) in [6.45, 7) is 0. The van der Waals surface area contributed by atoms with Crippen molar-refractivity contribution in [3.8, 4) is 0 Å². The van der Waals surface area contributed by atoms with E-state index in [-0.39, 0.29) is 17.5 Å². The first-order chi connectivity index (χ1) is 17.6. The smallest absolute Gasteiger partial charge is 0.238 e. The normalized spacial score (nSPS) is 25.4. The SMILES string of the molecule is O=C(c1cccs1)[C@@H]1[C@H](C(=O)c2cccs2)[C@]2(C(=O)Nc3ccccc32)[C@H]2C=Cc3ccccc3N12. The molecule has 1 amide bonds. The van der Waals surface area contributed by atoms with Crippen molar-refractivity contribution in [2.24, 2.45) is 5.92 Å². The van der Waals surface area contributed by atoms with Crippen LogP contribution in [0.5, 0.6) is 0 Å². The maximum Gasteiger partial charge on any atom is 0.238 e. The molecule has 2 aromatic carbocycles. The number of carbonyl (C=O) groups is 3. The summed E-state index contributed by atoms with van der Waals surface area (Å²) < 4.78 is 0. The third kappa shape index (κ3) is 2.72. The number of carbonyl (C=O) groups excluding carboxylic acids is 3. The van der Waals surface area contributed by atoms with E-state index in [2.05, 4.69) is 5.32 Å². The highest BCUT2D eigenvalue weighted by Gasteiger charge is 2.70. The number of fused-ring (bicyclic) bond motifs is 6. The molecule has 4 aromatic rings. The van der Waals surface area contributed by atoms with Gasteiger partial charge >= 0.3 is 0 Å². The summed E-state index contributed by atoms with van der Waals surface area (Å²) in [5.41, 5.74) is 2.04. The van der Waals surface area contributed by atoms with Gasteiger partial charge in [0.15, 0.2) is 11.6 Å². The molecule has 1 fully saturated rings. The molecule has 1 saturated heterocycles. The van der Waals surface area contributed by atoms with Crippen LogP contribution in [0.2, 0.25) is 0 Å². The molecular formula is C29H20N2O3S2. The van der Waals surface area contributed by atoms with E-state index in [4.69, 9.17) is 0 Å². The third-order valence-corrected chi connectivity index (χ3v) is 9.39. The molecule has 0 unspecified atom stereocenters. The number of amides is 1. The topological polar surface area (TPSA) is 66.5 Å². The number of ketones is 2. The van der Waals surface area contributed by atoms with Crippen LogP contribution < -0.4 is 10.2 Å². The Labute approximate surface area is 215 Å². The van der Waals surface area contributed by atoms with Gasteiger partial charge in [0.2, 0.25) is 5.91 Å². The molecule has 2 aromatic heterocycles. The lowest BCUT2D eigenvalue weighted by atomic mass is 9.65. The summed E-state index contributed by atoms with van der Waals surface area (Å²) in [5.74, 6) is -1.45. The molecule has 4 atom stereocenters. The van der Waals surface area contributed by atoms with Crippen molar-refractivity contribution in [1.82, 2.24) is 0 Å². The van der Waals surface area contributed by atoms with E-state index in [1.165, 1.54) is 22.7 Å². The molecule has 176 valence electrons. The van der Waals surface area contributed by atoms with Crippen LogP contribution in [0.25, 0.3) is 6.08 Å². The van der Waals surface area contributed by atoms with Crippen molar-refractivity contribution in [3.05, 3.63) is 111 Å². The summed E-state index contributed by atoms with van der Waals surface area (Å²) in [4.78, 5) is 46.0. The summed E-state index contributed by atoms with van der Waals surface area (Å²) >= 11 is 2.71. The minimum Gasteiger partial charge on any atom is -0.352 e. The molecule has 5 nitrogen and oxygen atoms in total. The zero-order valence-corrected chi connectivity index (χ0v) is 20.6. The first-order valence-electron chi connectivity index (χ1n) is 11.7. The monoisotopic (exact) mass is 508 g/mol. The molecule has 7 heteroatoms. The highest BCUT2D eigenvalue weighted by molar-refractivity contribution is 7.12. The first kappa shape index (κ1) is 21.5. The van der Waals surface area contributed by atoms with Gasteiger partial charge < -0.3 is 10.2 Å². The molecule has 5 heterocycles. The van der Waals surface area contributed by atoms with Gasteiger partial charge in [-0.3, -0.25) is 14.4 Å². The van der Waals surface area contributed by atoms with Gasteiger partial charge in [-0.25, -0.2) is 0 Å². The standard InChI is InChI=1S/C29H20N2O3S2/c32-26(21-11-5-15-35-21)24-25(27(33)22-12-6-16-36-22)31-20-10-4-1-7-17(20)13-14-23(31)29(24)18-8-2-3-9-19(18)30-28(29)34/h1-16,23-25H,(H,30,34)/t23-,24-,25+,29-/m1/s1. The molecule has 3 aliphatic heterocycles. The highest BCUT2D eigenvalue weighted by Crippen LogP contribution is 2.58. The Morgan fingerprint density at radius 2 is 1.53 bits per heavy atom. The number of nitrogens with one attached hydrogen (secondary N) is 1. The number of hydrogen-bond acceptors (Lipinski definition) is 6. The van der Waals surface area contributed by atoms with Crippen LogP contribution in [0, 0.1) is 5.92 Å².